The zero-order valence-electron chi connectivity index (χ0n) is 24.8. The van der Waals surface area contributed by atoms with Crippen LogP contribution >= 0.6 is 0 Å². The third kappa shape index (κ3) is 4.47. The summed E-state index contributed by atoms with van der Waals surface area (Å²) in [7, 11) is 0. The van der Waals surface area contributed by atoms with E-state index in [-0.39, 0.29) is 0 Å². The van der Waals surface area contributed by atoms with Gasteiger partial charge in [0.25, 0.3) is 0 Å². The van der Waals surface area contributed by atoms with Crippen molar-refractivity contribution in [2.75, 3.05) is 0 Å². The molecule has 0 atom stereocenters. The smallest absolute Gasteiger partial charge is 0.191 e. The molecule has 0 N–H and O–H groups in total. The molecule has 0 amide bonds. The normalized spacial score (nSPS) is 17.0. The van der Waals surface area contributed by atoms with Gasteiger partial charge in [-0.3, -0.25) is 0 Å². The number of hydrogen-bond acceptors (Lipinski definition) is 0. The van der Waals surface area contributed by atoms with Crippen molar-refractivity contribution in [2.24, 2.45) is 11.8 Å². The van der Waals surface area contributed by atoms with Crippen LogP contribution in [-0.4, -0.2) is 0 Å². The molecule has 2 fully saturated rings. The monoisotopic (exact) mass is 550 g/mol. The van der Waals surface area contributed by atoms with Crippen molar-refractivity contribution in [3.05, 3.63) is 97.1 Å². The average Bonchev–Trinajstić information content (AvgIpc) is 3.06. The molecular formula is C40H42N2+2. The van der Waals surface area contributed by atoms with Gasteiger partial charge in [0.15, 0.2) is 13.1 Å². The van der Waals surface area contributed by atoms with Gasteiger partial charge in [-0.05, 0) is 49.9 Å². The lowest BCUT2D eigenvalue weighted by Gasteiger charge is -2.22. The first-order valence-electron chi connectivity index (χ1n) is 16.5. The third-order valence-corrected chi connectivity index (χ3v) is 10.4. The molecule has 0 radical (unpaired) electrons. The topological polar surface area (TPSA) is 7.76 Å². The molecule has 4 aromatic carbocycles. The summed E-state index contributed by atoms with van der Waals surface area (Å²) in [4.78, 5) is 0. The summed E-state index contributed by atoms with van der Waals surface area (Å²) in [5.41, 5.74) is 8.23. The van der Waals surface area contributed by atoms with Gasteiger partial charge in [0, 0.05) is 47.2 Å². The van der Waals surface area contributed by atoms with Crippen molar-refractivity contribution >= 4 is 43.6 Å². The second-order valence-corrected chi connectivity index (χ2v) is 13.0. The average molecular weight is 551 g/mol. The maximum Gasteiger partial charge on any atom is 0.213 e. The molecule has 6 aromatic rings. The zero-order chi connectivity index (χ0) is 27.9. The van der Waals surface area contributed by atoms with Gasteiger partial charge in [-0.1, -0.05) is 87.1 Å². The molecule has 2 aliphatic rings. The highest BCUT2D eigenvalue weighted by atomic mass is 15.0. The predicted octanol–water partition coefficient (Wildman–Crippen LogP) is 9.70. The maximum atomic E-state index is 2.65. The van der Waals surface area contributed by atoms with Crippen molar-refractivity contribution in [1.29, 1.82) is 0 Å². The Kier molecular flexibility index (Phi) is 6.86. The lowest BCUT2D eigenvalue weighted by molar-refractivity contribution is -0.653. The van der Waals surface area contributed by atoms with Crippen LogP contribution in [0, 0.1) is 11.8 Å². The summed E-state index contributed by atoms with van der Waals surface area (Å²) in [6.07, 6.45) is 13.7. The van der Waals surface area contributed by atoms with E-state index in [1.807, 2.05) is 0 Å². The molecule has 0 unspecified atom stereocenters. The largest absolute Gasteiger partial charge is 0.213 e. The number of hydrogen-bond donors (Lipinski definition) is 0. The van der Waals surface area contributed by atoms with Gasteiger partial charge in [-0.2, -0.15) is 9.13 Å². The van der Waals surface area contributed by atoms with Gasteiger partial charge >= 0.3 is 0 Å². The minimum Gasteiger partial charge on any atom is -0.191 e. The Labute approximate surface area is 249 Å². The number of pyridine rings is 2. The molecular weight excluding hydrogens is 508 g/mol. The zero-order valence-corrected chi connectivity index (χ0v) is 24.8. The van der Waals surface area contributed by atoms with E-state index in [4.69, 9.17) is 0 Å². The van der Waals surface area contributed by atoms with E-state index in [1.54, 1.807) is 0 Å². The first-order chi connectivity index (χ1) is 20.9. The number of benzene rings is 4. The van der Waals surface area contributed by atoms with Crippen molar-refractivity contribution in [3.63, 3.8) is 0 Å². The molecule has 2 heteroatoms. The summed E-state index contributed by atoms with van der Waals surface area (Å²) in [6.45, 7) is 2.22. The van der Waals surface area contributed by atoms with Crippen LogP contribution in [0.25, 0.3) is 54.7 Å². The Balaban J connectivity index is 1.44. The Hall–Kier alpha value is -3.78. The quantitative estimate of drug-likeness (QED) is 0.149. The standard InChI is InChI=1S/C40H42N2/c1-3-15-29(16-4-1)27-41-35-23-11-7-19-31(35)39(32-20-8-12-24-36(32)41)40-33-21-9-13-25-37(33)42(28-30-17-5-2-6-18-30)38-26-14-10-22-34(38)40/h7-14,19-26,29-30H,1-6,15-18,27-28H2/q+2. The third-order valence-electron chi connectivity index (χ3n) is 10.4. The Bertz CT molecular complexity index is 1650. The molecule has 2 heterocycles. The lowest BCUT2D eigenvalue weighted by Crippen LogP contribution is -2.40. The molecule has 42 heavy (non-hydrogen) atoms. The summed E-state index contributed by atoms with van der Waals surface area (Å²) >= 11 is 0. The second kappa shape index (κ2) is 11.1. The van der Waals surface area contributed by atoms with Crippen LogP contribution < -0.4 is 9.13 Å². The van der Waals surface area contributed by atoms with Crippen molar-refractivity contribution in [1.82, 2.24) is 0 Å². The van der Waals surface area contributed by atoms with Crippen LogP contribution in [0.3, 0.4) is 0 Å². The van der Waals surface area contributed by atoms with Crippen LogP contribution in [0.2, 0.25) is 0 Å². The molecule has 0 aliphatic heterocycles. The van der Waals surface area contributed by atoms with Gasteiger partial charge in [-0.25, -0.2) is 0 Å². The lowest BCUT2D eigenvalue weighted by atomic mass is 9.87. The highest BCUT2D eigenvalue weighted by Gasteiger charge is 2.30. The molecule has 2 nitrogen and oxygen atoms in total. The van der Waals surface area contributed by atoms with Crippen LogP contribution in [0.15, 0.2) is 97.1 Å². The van der Waals surface area contributed by atoms with Crippen LogP contribution in [-0.2, 0) is 13.1 Å². The van der Waals surface area contributed by atoms with E-state index in [0.29, 0.717) is 0 Å². The maximum absolute atomic E-state index is 2.65. The molecule has 0 bridgehead atoms. The fourth-order valence-corrected chi connectivity index (χ4v) is 8.42. The molecule has 2 saturated carbocycles. The molecule has 8 rings (SSSR count). The van der Waals surface area contributed by atoms with Gasteiger partial charge < -0.3 is 0 Å². The first kappa shape index (κ1) is 25.9. The minimum absolute atomic E-state index is 0.763. The summed E-state index contributed by atoms with van der Waals surface area (Å²) in [5.74, 6) is 1.53. The predicted molar refractivity (Wildman–Crippen MR) is 175 cm³/mol. The summed E-state index contributed by atoms with van der Waals surface area (Å²) in [5, 5.41) is 5.47. The number of para-hydroxylation sites is 4. The molecule has 2 aromatic heterocycles. The van der Waals surface area contributed by atoms with Gasteiger partial charge in [0.05, 0.1) is 21.5 Å². The highest BCUT2D eigenvalue weighted by molar-refractivity contribution is 6.18. The highest BCUT2D eigenvalue weighted by Crippen LogP contribution is 2.42. The van der Waals surface area contributed by atoms with Crippen molar-refractivity contribution in [3.8, 4) is 11.1 Å². The van der Waals surface area contributed by atoms with Crippen molar-refractivity contribution in [2.45, 2.75) is 77.3 Å². The van der Waals surface area contributed by atoms with E-state index >= 15 is 0 Å². The molecule has 2 aliphatic carbocycles. The molecule has 0 spiro atoms. The SMILES string of the molecule is c1ccc2c(c1)c(-c1c3ccccc3[n+](CC3CCCCC3)c3ccccc13)c1ccccc1[n+]2CC1CCCCC1. The van der Waals surface area contributed by atoms with Gasteiger partial charge in [0.1, 0.15) is 0 Å². The molecule has 210 valence electrons. The Morgan fingerprint density at radius 3 is 0.976 bits per heavy atom. The Morgan fingerprint density at radius 2 is 0.667 bits per heavy atom. The minimum atomic E-state index is 0.763. The first-order valence-corrected chi connectivity index (χ1v) is 16.5. The fraction of sp³-hybridized carbons (Fsp3) is 0.350. The van der Waals surface area contributed by atoms with E-state index in [1.165, 1.54) is 119 Å². The number of rotatable bonds is 5. The number of nitrogens with zero attached hydrogens (tertiary/aromatic N) is 2. The number of aromatic nitrogens is 2. The number of fused-ring (bicyclic) bond motifs is 4. The van der Waals surface area contributed by atoms with Gasteiger partial charge in [-0.15, -0.1) is 0 Å². The van der Waals surface area contributed by atoms with E-state index < -0.39 is 0 Å². The fourth-order valence-electron chi connectivity index (χ4n) is 8.42. The van der Waals surface area contributed by atoms with E-state index in [9.17, 15) is 0 Å². The second-order valence-electron chi connectivity index (χ2n) is 13.0. The van der Waals surface area contributed by atoms with E-state index in [2.05, 4.69) is 106 Å². The van der Waals surface area contributed by atoms with E-state index in [0.717, 1.165) is 24.9 Å². The Morgan fingerprint density at radius 1 is 0.381 bits per heavy atom. The van der Waals surface area contributed by atoms with Crippen LogP contribution in [0.5, 0.6) is 0 Å². The summed E-state index contributed by atoms with van der Waals surface area (Å²) in [6, 6.07) is 36.9. The van der Waals surface area contributed by atoms with Crippen LogP contribution in [0.4, 0.5) is 0 Å². The summed E-state index contributed by atoms with van der Waals surface area (Å²) < 4.78 is 5.31. The van der Waals surface area contributed by atoms with Crippen LogP contribution in [0.1, 0.15) is 64.2 Å². The van der Waals surface area contributed by atoms with Crippen molar-refractivity contribution < 1.29 is 9.13 Å². The van der Waals surface area contributed by atoms with Gasteiger partial charge in [0.2, 0.25) is 22.1 Å². The molecule has 0 saturated heterocycles.